The number of amides is 1. The molecule has 0 unspecified atom stereocenters. The van der Waals surface area contributed by atoms with Crippen LogP contribution in [0, 0.1) is 0 Å². The molecule has 0 fully saturated rings. The minimum atomic E-state index is -4.58. The first-order valence-corrected chi connectivity index (χ1v) is 9.91. The molecule has 1 amide bonds. The molecule has 164 valence electrons. The first-order valence-electron chi connectivity index (χ1n) is 9.91. The van der Waals surface area contributed by atoms with Crippen LogP contribution in [0.5, 0.6) is 5.75 Å². The molecule has 2 N–H and O–H groups in total. The maximum atomic E-state index is 13.2. The molecule has 8 heteroatoms. The second-order valence-electron chi connectivity index (χ2n) is 7.30. The van der Waals surface area contributed by atoms with E-state index in [1.54, 1.807) is 6.20 Å². The van der Waals surface area contributed by atoms with Crippen LogP contribution >= 0.6 is 0 Å². The van der Waals surface area contributed by atoms with Crippen LogP contribution in [0.25, 0.3) is 22.2 Å². The third-order valence-electron chi connectivity index (χ3n) is 5.09. The number of fused-ring (bicyclic) bond motifs is 1. The Labute approximate surface area is 182 Å². The van der Waals surface area contributed by atoms with Crippen LogP contribution in [0.1, 0.15) is 17.5 Å². The number of alkyl halides is 3. The Morgan fingerprint density at radius 1 is 1.09 bits per heavy atom. The molecule has 0 spiro atoms. The van der Waals surface area contributed by atoms with E-state index in [0.29, 0.717) is 6.42 Å². The molecule has 0 radical (unpaired) electrons. The van der Waals surface area contributed by atoms with Crippen molar-refractivity contribution in [3.8, 4) is 16.9 Å². The van der Waals surface area contributed by atoms with E-state index in [2.05, 4.69) is 15.3 Å². The molecule has 5 nitrogen and oxygen atoms in total. The Hall–Kier alpha value is -3.81. The molecule has 0 bridgehead atoms. The topological polar surface area (TPSA) is 67.0 Å². The normalized spacial score (nSPS) is 11.5. The smallest absolute Gasteiger partial charge is 0.420 e. The number of rotatable bonds is 6. The standard InChI is InChI=1S/C24H20F3N3O2/c1-32-21-7-6-19(13-20(21)24(25,26)27)30-22(31)8-5-15-3-2-4-16(11-15)18-12-17-9-10-28-23(17)29-14-18/h2-4,6-7,9-14H,5,8H2,1H3,(H,28,29)(H,30,31). The van der Waals surface area contributed by atoms with Crippen molar-refractivity contribution in [2.45, 2.75) is 19.0 Å². The van der Waals surface area contributed by atoms with Crippen LogP contribution in [0.3, 0.4) is 0 Å². The van der Waals surface area contributed by atoms with Gasteiger partial charge in [0.15, 0.2) is 0 Å². The number of H-pyrrole nitrogens is 1. The van der Waals surface area contributed by atoms with Crippen LogP contribution in [-0.4, -0.2) is 23.0 Å². The lowest BCUT2D eigenvalue weighted by molar-refractivity contribution is -0.138. The van der Waals surface area contributed by atoms with Crippen LogP contribution in [0.2, 0.25) is 0 Å². The maximum absolute atomic E-state index is 13.2. The van der Waals surface area contributed by atoms with Gasteiger partial charge in [-0.15, -0.1) is 0 Å². The van der Waals surface area contributed by atoms with Gasteiger partial charge in [-0.2, -0.15) is 13.2 Å². The predicted molar refractivity (Wildman–Crippen MR) is 116 cm³/mol. The van der Waals surface area contributed by atoms with Gasteiger partial charge in [0.25, 0.3) is 0 Å². The fraction of sp³-hybridized carbons (Fsp3) is 0.167. The molecule has 0 saturated heterocycles. The molecular weight excluding hydrogens is 419 g/mol. The quantitative estimate of drug-likeness (QED) is 0.397. The van der Waals surface area contributed by atoms with Gasteiger partial charge in [-0.1, -0.05) is 24.3 Å². The van der Waals surface area contributed by atoms with Gasteiger partial charge >= 0.3 is 6.18 Å². The zero-order valence-corrected chi connectivity index (χ0v) is 17.2. The molecule has 0 aliphatic rings. The van der Waals surface area contributed by atoms with E-state index in [9.17, 15) is 18.0 Å². The van der Waals surface area contributed by atoms with Crippen molar-refractivity contribution < 1.29 is 22.7 Å². The third-order valence-corrected chi connectivity index (χ3v) is 5.09. The summed E-state index contributed by atoms with van der Waals surface area (Å²) in [5.41, 5.74) is 2.83. The fourth-order valence-corrected chi connectivity index (χ4v) is 3.49. The van der Waals surface area contributed by atoms with Gasteiger partial charge in [0.2, 0.25) is 5.91 Å². The summed E-state index contributed by atoms with van der Waals surface area (Å²) >= 11 is 0. The van der Waals surface area contributed by atoms with Crippen LogP contribution in [0.15, 0.2) is 67.0 Å². The SMILES string of the molecule is COc1ccc(NC(=O)CCc2cccc(-c3cnc4[nH]ccc4c3)c2)cc1C(F)(F)F. The molecule has 0 aliphatic carbocycles. The second kappa shape index (κ2) is 8.74. The van der Waals surface area contributed by atoms with E-state index in [0.717, 1.165) is 33.8 Å². The number of ether oxygens (including phenoxy) is 1. The predicted octanol–water partition coefficient (Wildman–Crippen LogP) is 5.83. The number of hydrogen-bond donors (Lipinski definition) is 2. The number of halogens is 3. The van der Waals surface area contributed by atoms with E-state index in [1.165, 1.54) is 19.2 Å². The fourth-order valence-electron chi connectivity index (χ4n) is 3.49. The van der Waals surface area contributed by atoms with Gasteiger partial charge in [-0.25, -0.2) is 4.98 Å². The average Bonchev–Trinajstić information content (AvgIpc) is 3.25. The van der Waals surface area contributed by atoms with Crippen molar-refractivity contribution in [2.75, 3.05) is 12.4 Å². The van der Waals surface area contributed by atoms with Gasteiger partial charge in [0.05, 0.1) is 12.7 Å². The maximum Gasteiger partial charge on any atom is 0.420 e. The number of aromatic nitrogens is 2. The van der Waals surface area contributed by atoms with Gasteiger partial charge in [0, 0.05) is 35.5 Å². The van der Waals surface area contributed by atoms with Crippen molar-refractivity contribution >= 4 is 22.6 Å². The van der Waals surface area contributed by atoms with Crippen molar-refractivity contribution in [3.63, 3.8) is 0 Å². The van der Waals surface area contributed by atoms with E-state index >= 15 is 0 Å². The van der Waals surface area contributed by atoms with E-state index in [4.69, 9.17) is 4.74 Å². The highest BCUT2D eigenvalue weighted by Crippen LogP contribution is 2.37. The monoisotopic (exact) mass is 439 g/mol. The molecule has 2 aromatic heterocycles. The largest absolute Gasteiger partial charge is 0.496 e. The lowest BCUT2D eigenvalue weighted by Crippen LogP contribution is -2.14. The van der Waals surface area contributed by atoms with E-state index in [-0.39, 0.29) is 23.8 Å². The van der Waals surface area contributed by atoms with Gasteiger partial charge in [0.1, 0.15) is 11.4 Å². The lowest BCUT2D eigenvalue weighted by atomic mass is 10.0. The molecule has 0 aliphatic heterocycles. The van der Waals surface area contributed by atoms with Crippen molar-refractivity contribution in [2.24, 2.45) is 0 Å². The molecule has 4 aromatic rings. The zero-order chi connectivity index (χ0) is 22.7. The van der Waals surface area contributed by atoms with Gasteiger partial charge < -0.3 is 15.0 Å². The van der Waals surface area contributed by atoms with Crippen LogP contribution in [0.4, 0.5) is 18.9 Å². The number of pyridine rings is 1. The summed E-state index contributed by atoms with van der Waals surface area (Å²) in [6, 6.07) is 15.2. The first kappa shape index (κ1) is 21.4. The molecule has 0 atom stereocenters. The minimum Gasteiger partial charge on any atom is -0.496 e. The van der Waals surface area contributed by atoms with E-state index < -0.39 is 11.7 Å². The number of carbonyl (C=O) groups excluding carboxylic acids is 1. The van der Waals surface area contributed by atoms with Crippen molar-refractivity contribution in [1.29, 1.82) is 0 Å². The van der Waals surface area contributed by atoms with Crippen LogP contribution in [-0.2, 0) is 17.4 Å². The summed E-state index contributed by atoms with van der Waals surface area (Å²) in [4.78, 5) is 19.8. The highest BCUT2D eigenvalue weighted by molar-refractivity contribution is 5.91. The molecule has 32 heavy (non-hydrogen) atoms. The highest BCUT2D eigenvalue weighted by Gasteiger charge is 2.34. The molecule has 4 rings (SSSR count). The Morgan fingerprint density at radius 2 is 1.94 bits per heavy atom. The summed E-state index contributed by atoms with van der Waals surface area (Å²) in [6.07, 6.45) is -0.387. The number of methoxy groups -OCH3 is 1. The first-order chi connectivity index (χ1) is 15.3. The summed E-state index contributed by atoms with van der Waals surface area (Å²) in [7, 11) is 1.17. The number of aryl methyl sites for hydroxylation is 1. The van der Waals surface area contributed by atoms with Crippen LogP contribution < -0.4 is 10.1 Å². The molecular formula is C24H20F3N3O2. The number of anilines is 1. The Balaban J connectivity index is 1.43. The number of nitrogens with zero attached hydrogens (tertiary/aromatic N) is 1. The summed E-state index contributed by atoms with van der Waals surface area (Å²) in [5, 5.41) is 3.54. The number of aromatic amines is 1. The van der Waals surface area contributed by atoms with Gasteiger partial charge in [-0.3, -0.25) is 4.79 Å². The summed E-state index contributed by atoms with van der Waals surface area (Å²) in [6.45, 7) is 0. The Kier molecular flexibility index (Phi) is 5.85. The number of carbonyl (C=O) groups is 1. The number of benzene rings is 2. The molecule has 0 saturated carbocycles. The highest BCUT2D eigenvalue weighted by atomic mass is 19.4. The van der Waals surface area contributed by atoms with Crippen molar-refractivity contribution in [1.82, 2.24) is 9.97 Å². The molecule has 2 heterocycles. The Morgan fingerprint density at radius 3 is 2.72 bits per heavy atom. The molecule has 2 aromatic carbocycles. The summed E-state index contributed by atoms with van der Waals surface area (Å²) < 4.78 is 44.3. The van der Waals surface area contributed by atoms with E-state index in [1.807, 2.05) is 42.6 Å². The third kappa shape index (κ3) is 4.74. The number of nitrogens with one attached hydrogen (secondary N) is 2. The summed E-state index contributed by atoms with van der Waals surface area (Å²) in [5.74, 6) is -0.663. The zero-order valence-electron chi connectivity index (χ0n) is 17.2. The second-order valence-corrected chi connectivity index (χ2v) is 7.30. The lowest BCUT2D eigenvalue weighted by Gasteiger charge is -2.14. The van der Waals surface area contributed by atoms with Gasteiger partial charge in [-0.05, 0) is 47.9 Å². The average molecular weight is 439 g/mol. The number of hydrogen-bond acceptors (Lipinski definition) is 3. The van der Waals surface area contributed by atoms with Crippen molar-refractivity contribution in [3.05, 3.63) is 78.1 Å². The minimum absolute atomic E-state index is 0.0720. The Bertz CT molecular complexity index is 1260.